The summed E-state index contributed by atoms with van der Waals surface area (Å²) >= 11 is 3.91. The van der Waals surface area contributed by atoms with Crippen LogP contribution in [-0.4, -0.2) is 16.8 Å². The van der Waals surface area contributed by atoms with Crippen molar-refractivity contribution in [3.8, 4) is 0 Å². The Bertz CT molecular complexity index is 359. The van der Waals surface area contributed by atoms with Gasteiger partial charge < -0.3 is 5.32 Å². The van der Waals surface area contributed by atoms with E-state index in [9.17, 15) is 0 Å². The number of hydrogen-bond donors (Lipinski definition) is 1. The predicted octanol–water partition coefficient (Wildman–Crippen LogP) is 4.48. The van der Waals surface area contributed by atoms with Gasteiger partial charge in [0.05, 0.1) is 5.69 Å². The first kappa shape index (κ1) is 17.0. The maximum absolute atomic E-state index is 4.83. The molecule has 0 saturated carbocycles. The van der Waals surface area contributed by atoms with Crippen molar-refractivity contribution in [1.29, 1.82) is 0 Å². The Morgan fingerprint density at radius 1 is 1.26 bits per heavy atom. The molecule has 4 heteroatoms. The fraction of sp³-hybridized carbons (Fsp3) is 0.800. The second kappa shape index (κ2) is 8.98. The summed E-state index contributed by atoms with van der Waals surface area (Å²) in [5.74, 6) is 3.06. The Labute approximate surface area is 126 Å². The standard InChI is InChI=1S/C15H28N2S2/c1-6-7-13-14(8-16-12(4)5)19-15(17-13)10-18-9-11(2)3/h11-12,16H,6-10H2,1-5H3. The number of hydrogen-bond acceptors (Lipinski definition) is 4. The lowest BCUT2D eigenvalue weighted by Crippen LogP contribution is -2.21. The highest BCUT2D eigenvalue weighted by atomic mass is 32.2. The summed E-state index contributed by atoms with van der Waals surface area (Å²) in [5.41, 5.74) is 1.32. The second-order valence-electron chi connectivity index (χ2n) is 5.67. The zero-order valence-corrected chi connectivity index (χ0v) is 14.6. The van der Waals surface area contributed by atoms with Gasteiger partial charge in [0.1, 0.15) is 5.01 Å². The van der Waals surface area contributed by atoms with Crippen LogP contribution in [0.4, 0.5) is 0 Å². The highest BCUT2D eigenvalue weighted by molar-refractivity contribution is 7.98. The highest BCUT2D eigenvalue weighted by Crippen LogP contribution is 2.24. The Balaban J connectivity index is 2.59. The number of nitrogens with one attached hydrogen (secondary N) is 1. The van der Waals surface area contributed by atoms with Crippen molar-refractivity contribution in [2.24, 2.45) is 5.92 Å². The number of aromatic nitrogens is 1. The number of aryl methyl sites for hydroxylation is 1. The van der Waals surface area contributed by atoms with E-state index in [1.807, 2.05) is 23.1 Å². The second-order valence-corrected chi connectivity index (χ2v) is 7.87. The summed E-state index contributed by atoms with van der Waals surface area (Å²) in [4.78, 5) is 6.27. The van der Waals surface area contributed by atoms with Crippen LogP contribution in [0.3, 0.4) is 0 Å². The SMILES string of the molecule is CCCc1nc(CSCC(C)C)sc1CNC(C)C. The van der Waals surface area contributed by atoms with Gasteiger partial charge in [-0.1, -0.05) is 41.0 Å². The minimum Gasteiger partial charge on any atom is -0.310 e. The van der Waals surface area contributed by atoms with Gasteiger partial charge in [-0.05, 0) is 18.1 Å². The minimum absolute atomic E-state index is 0.537. The van der Waals surface area contributed by atoms with Gasteiger partial charge >= 0.3 is 0 Å². The van der Waals surface area contributed by atoms with Crippen molar-refractivity contribution >= 4 is 23.1 Å². The fourth-order valence-corrected chi connectivity index (χ4v) is 3.92. The first-order valence-corrected chi connectivity index (χ1v) is 9.28. The van der Waals surface area contributed by atoms with Gasteiger partial charge in [0.15, 0.2) is 0 Å². The van der Waals surface area contributed by atoms with Crippen LogP contribution >= 0.6 is 23.1 Å². The molecule has 0 atom stereocenters. The van der Waals surface area contributed by atoms with E-state index < -0.39 is 0 Å². The smallest absolute Gasteiger partial charge is 0.103 e. The average molecular weight is 301 g/mol. The lowest BCUT2D eigenvalue weighted by Gasteiger charge is -2.07. The van der Waals surface area contributed by atoms with Crippen molar-refractivity contribution in [3.05, 3.63) is 15.6 Å². The zero-order valence-electron chi connectivity index (χ0n) is 13.0. The summed E-state index contributed by atoms with van der Waals surface area (Å²) in [6.07, 6.45) is 2.29. The number of thiazole rings is 1. The van der Waals surface area contributed by atoms with E-state index in [4.69, 9.17) is 4.98 Å². The topological polar surface area (TPSA) is 24.9 Å². The van der Waals surface area contributed by atoms with Crippen molar-refractivity contribution in [3.63, 3.8) is 0 Å². The molecule has 0 radical (unpaired) electrons. The number of thioether (sulfide) groups is 1. The number of nitrogens with zero attached hydrogens (tertiary/aromatic N) is 1. The summed E-state index contributed by atoms with van der Waals surface area (Å²) in [7, 11) is 0. The van der Waals surface area contributed by atoms with Gasteiger partial charge in [-0.3, -0.25) is 0 Å². The summed E-state index contributed by atoms with van der Waals surface area (Å²) in [6.45, 7) is 12.1. The molecule has 0 unspecified atom stereocenters. The van der Waals surface area contributed by atoms with Crippen molar-refractivity contribution in [2.45, 2.75) is 65.8 Å². The van der Waals surface area contributed by atoms with Gasteiger partial charge in [-0.2, -0.15) is 11.8 Å². The third-order valence-corrected chi connectivity index (χ3v) is 5.32. The third-order valence-electron chi connectivity index (χ3n) is 2.66. The van der Waals surface area contributed by atoms with Crippen LogP contribution in [0, 0.1) is 5.92 Å². The van der Waals surface area contributed by atoms with Gasteiger partial charge in [0.25, 0.3) is 0 Å². The molecule has 0 aliphatic heterocycles. The van der Waals surface area contributed by atoms with Crippen LogP contribution in [0.25, 0.3) is 0 Å². The minimum atomic E-state index is 0.537. The van der Waals surface area contributed by atoms with Crippen molar-refractivity contribution in [1.82, 2.24) is 10.3 Å². The maximum atomic E-state index is 4.83. The summed E-state index contributed by atoms with van der Waals surface area (Å²) in [6, 6.07) is 0.537. The first-order chi connectivity index (χ1) is 9.02. The van der Waals surface area contributed by atoms with E-state index in [1.165, 1.54) is 27.8 Å². The van der Waals surface area contributed by atoms with Crippen LogP contribution in [-0.2, 0) is 18.7 Å². The molecule has 0 aliphatic carbocycles. The van der Waals surface area contributed by atoms with E-state index in [1.54, 1.807) is 0 Å². The quantitative estimate of drug-likeness (QED) is 0.727. The van der Waals surface area contributed by atoms with Crippen LogP contribution in [0.5, 0.6) is 0 Å². The van der Waals surface area contributed by atoms with Gasteiger partial charge in [0, 0.05) is 23.2 Å². The summed E-state index contributed by atoms with van der Waals surface area (Å²) < 4.78 is 0. The van der Waals surface area contributed by atoms with E-state index >= 15 is 0 Å². The monoisotopic (exact) mass is 300 g/mol. The molecule has 0 bridgehead atoms. The Kier molecular flexibility index (Phi) is 8.03. The van der Waals surface area contributed by atoms with Crippen LogP contribution < -0.4 is 5.32 Å². The maximum Gasteiger partial charge on any atom is 0.103 e. The molecule has 0 saturated heterocycles. The lowest BCUT2D eigenvalue weighted by atomic mass is 10.2. The molecule has 19 heavy (non-hydrogen) atoms. The van der Waals surface area contributed by atoms with Gasteiger partial charge in [-0.15, -0.1) is 11.3 Å². The Morgan fingerprint density at radius 3 is 2.58 bits per heavy atom. The van der Waals surface area contributed by atoms with E-state index in [0.717, 1.165) is 24.6 Å². The van der Waals surface area contributed by atoms with Crippen molar-refractivity contribution < 1.29 is 0 Å². The fourth-order valence-electron chi connectivity index (χ4n) is 1.75. The molecule has 0 amide bonds. The molecule has 0 aliphatic rings. The molecular weight excluding hydrogens is 272 g/mol. The first-order valence-electron chi connectivity index (χ1n) is 7.31. The predicted molar refractivity (Wildman–Crippen MR) is 89.1 cm³/mol. The molecule has 2 nitrogen and oxygen atoms in total. The molecule has 1 heterocycles. The molecule has 1 aromatic rings. The normalized spacial score (nSPS) is 11.7. The van der Waals surface area contributed by atoms with Gasteiger partial charge in [-0.25, -0.2) is 4.98 Å². The highest BCUT2D eigenvalue weighted by Gasteiger charge is 2.11. The van der Waals surface area contributed by atoms with Crippen LogP contribution in [0.1, 0.15) is 56.6 Å². The molecule has 1 rings (SSSR count). The molecule has 1 N–H and O–H groups in total. The van der Waals surface area contributed by atoms with E-state index in [2.05, 4.69) is 39.9 Å². The van der Waals surface area contributed by atoms with Crippen molar-refractivity contribution in [2.75, 3.05) is 5.75 Å². The van der Waals surface area contributed by atoms with Crippen LogP contribution in [0.15, 0.2) is 0 Å². The molecule has 1 aromatic heterocycles. The third kappa shape index (κ3) is 6.77. The summed E-state index contributed by atoms with van der Waals surface area (Å²) in [5, 5.41) is 4.81. The molecular formula is C15H28N2S2. The number of rotatable bonds is 9. The molecule has 0 spiro atoms. The molecule has 0 fully saturated rings. The zero-order chi connectivity index (χ0) is 14.3. The van der Waals surface area contributed by atoms with E-state index in [-0.39, 0.29) is 0 Å². The molecule has 110 valence electrons. The Hall–Kier alpha value is -0.0600. The molecule has 0 aromatic carbocycles. The lowest BCUT2D eigenvalue weighted by molar-refractivity contribution is 0.589. The van der Waals surface area contributed by atoms with Gasteiger partial charge in [0.2, 0.25) is 0 Å². The Morgan fingerprint density at radius 2 is 2.00 bits per heavy atom. The largest absolute Gasteiger partial charge is 0.310 e. The van der Waals surface area contributed by atoms with E-state index in [0.29, 0.717) is 6.04 Å². The van der Waals surface area contributed by atoms with Crippen LogP contribution in [0.2, 0.25) is 0 Å². The average Bonchev–Trinajstić information content (AvgIpc) is 2.69.